The van der Waals surface area contributed by atoms with E-state index in [9.17, 15) is 22.8 Å². The quantitative estimate of drug-likeness (QED) is 0.633. The minimum Gasteiger partial charge on any atom is -0.478 e. The third-order valence-electron chi connectivity index (χ3n) is 3.45. The summed E-state index contributed by atoms with van der Waals surface area (Å²) in [5.74, 6) is -2.48. The highest BCUT2D eigenvalue weighted by Gasteiger charge is 2.37. The van der Waals surface area contributed by atoms with Gasteiger partial charge in [-0.3, -0.25) is 9.78 Å². The molecule has 0 aliphatic rings. The van der Waals surface area contributed by atoms with Crippen LogP contribution in [0.15, 0.2) is 35.1 Å². The molecular weight excluding hydrogens is 443 g/mol. The number of benzene rings is 1. The number of nitrogens with zero attached hydrogens (tertiary/aromatic N) is 3. The summed E-state index contributed by atoms with van der Waals surface area (Å²) in [6, 6.07) is 4.03. The lowest BCUT2D eigenvalue weighted by molar-refractivity contribution is -0.137. The Morgan fingerprint density at radius 1 is 1.27 bits per heavy atom. The molecule has 1 N–H and O–H groups in total. The Hall–Kier alpha value is -2.46. The van der Waals surface area contributed by atoms with Crippen molar-refractivity contribution in [1.29, 1.82) is 0 Å². The molecule has 11 heteroatoms. The van der Waals surface area contributed by atoms with Gasteiger partial charge in [-0.05, 0) is 34.1 Å². The van der Waals surface area contributed by atoms with Crippen LogP contribution < -0.4 is 0 Å². The van der Waals surface area contributed by atoms with Gasteiger partial charge in [-0.25, -0.2) is 4.79 Å². The lowest BCUT2D eigenvalue weighted by Crippen LogP contribution is -2.20. The average Bonchev–Trinajstić information content (AvgIpc) is 2.89. The highest BCUT2D eigenvalue weighted by Crippen LogP contribution is 2.36. The molecule has 3 aromatic rings. The van der Waals surface area contributed by atoms with Crippen molar-refractivity contribution in [1.82, 2.24) is 14.8 Å². The Labute approximate surface area is 156 Å². The Kier molecular flexibility index (Phi) is 4.49. The van der Waals surface area contributed by atoms with Gasteiger partial charge in [0.2, 0.25) is 0 Å². The topological polar surface area (TPSA) is 85.1 Å². The van der Waals surface area contributed by atoms with Crippen LogP contribution in [0, 0.1) is 0 Å². The first-order valence-corrected chi connectivity index (χ1v) is 7.96. The van der Waals surface area contributed by atoms with E-state index < -0.39 is 34.2 Å². The summed E-state index contributed by atoms with van der Waals surface area (Å²) in [4.78, 5) is 27.7. The van der Waals surface area contributed by atoms with Crippen LogP contribution in [-0.4, -0.2) is 31.7 Å². The van der Waals surface area contributed by atoms with Crippen LogP contribution in [0.3, 0.4) is 0 Å². The second kappa shape index (κ2) is 6.36. The van der Waals surface area contributed by atoms with E-state index in [1.807, 2.05) is 0 Å². The number of alkyl halides is 3. The van der Waals surface area contributed by atoms with Crippen molar-refractivity contribution in [3.8, 4) is 0 Å². The molecule has 0 aliphatic heterocycles. The Bertz CT molecular complexity index is 1070. The molecule has 1 aromatic carbocycles. The number of hydrogen-bond donors (Lipinski definition) is 1. The summed E-state index contributed by atoms with van der Waals surface area (Å²) in [5.41, 5.74) is -2.23. The molecule has 0 unspecified atom stereocenters. The van der Waals surface area contributed by atoms with E-state index in [0.717, 1.165) is 30.5 Å². The van der Waals surface area contributed by atoms with Crippen molar-refractivity contribution < 1.29 is 27.9 Å². The normalized spacial score (nSPS) is 11.7. The number of carbonyl (C=O) groups is 2. The molecule has 0 fully saturated rings. The van der Waals surface area contributed by atoms with Gasteiger partial charge in [-0.2, -0.15) is 23.0 Å². The first kappa shape index (κ1) is 18.3. The third kappa shape index (κ3) is 3.06. The van der Waals surface area contributed by atoms with Gasteiger partial charge in [-0.1, -0.05) is 17.7 Å². The first-order valence-electron chi connectivity index (χ1n) is 6.79. The van der Waals surface area contributed by atoms with E-state index in [1.54, 1.807) is 0 Å². The molecule has 0 atom stereocenters. The standard InChI is InChI=1S/C15H6BrClF3N3O3/c16-12-11-9(4-6(5-21-11)14(25)26)23(22-12)13(24)10-7(15(18,19)20)2-1-3-8(10)17/h1-5H,(H,25,26). The molecule has 2 aromatic heterocycles. The zero-order valence-electron chi connectivity index (χ0n) is 12.4. The molecule has 134 valence electrons. The van der Waals surface area contributed by atoms with Crippen LogP contribution >= 0.6 is 27.5 Å². The van der Waals surface area contributed by atoms with E-state index in [-0.39, 0.29) is 21.2 Å². The van der Waals surface area contributed by atoms with E-state index in [0.29, 0.717) is 4.68 Å². The molecule has 0 spiro atoms. The van der Waals surface area contributed by atoms with Crippen molar-refractivity contribution in [3.05, 3.63) is 56.8 Å². The number of aromatic carboxylic acids is 1. The van der Waals surface area contributed by atoms with Crippen molar-refractivity contribution in [2.45, 2.75) is 6.18 Å². The van der Waals surface area contributed by atoms with Crippen LogP contribution in [0.5, 0.6) is 0 Å². The molecule has 6 nitrogen and oxygen atoms in total. The predicted octanol–water partition coefficient (Wildman–Crippen LogP) is 4.25. The number of carboxylic acid groups (broad SMARTS) is 1. The number of fused-ring (bicyclic) bond motifs is 1. The number of halogens is 5. The number of carboxylic acids is 1. The molecule has 0 aliphatic carbocycles. The van der Waals surface area contributed by atoms with Gasteiger partial charge in [-0.15, -0.1) is 0 Å². The van der Waals surface area contributed by atoms with Crippen LogP contribution in [0.1, 0.15) is 26.3 Å². The zero-order valence-corrected chi connectivity index (χ0v) is 14.7. The van der Waals surface area contributed by atoms with E-state index in [2.05, 4.69) is 26.0 Å². The van der Waals surface area contributed by atoms with E-state index >= 15 is 0 Å². The summed E-state index contributed by atoms with van der Waals surface area (Å²) in [5, 5.41) is 12.5. The number of hydrogen-bond acceptors (Lipinski definition) is 4. The van der Waals surface area contributed by atoms with Gasteiger partial charge < -0.3 is 5.11 Å². The fraction of sp³-hybridized carbons (Fsp3) is 0.0667. The largest absolute Gasteiger partial charge is 0.478 e. The van der Waals surface area contributed by atoms with Crippen molar-refractivity contribution in [2.75, 3.05) is 0 Å². The minimum atomic E-state index is -4.82. The maximum Gasteiger partial charge on any atom is 0.417 e. The molecule has 0 bridgehead atoms. The van der Waals surface area contributed by atoms with Gasteiger partial charge in [0.15, 0.2) is 4.60 Å². The fourth-order valence-electron chi connectivity index (χ4n) is 2.32. The maximum absolute atomic E-state index is 13.3. The minimum absolute atomic E-state index is 0.0680. The van der Waals surface area contributed by atoms with Crippen molar-refractivity contribution >= 4 is 50.4 Å². The summed E-state index contributed by atoms with van der Waals surface area (Å²) in [6.45, 7) is 0. The molecule has 0 saturated heterocycles. The molecular formula is C15H6BrClF3N3O3. The van der Waals surface area contributed by atoms with E-state index in [1.165, 1.54) is 0 Å². The van der Waals surface area contributed by atoms with Crippen LogP contribution in [0.4, 0.5) is 13.2 Å². The molecule has 3 rings (SSSR count). The average molecular weight is 449 g/mol. The molecule has 0 radical (unpaired) electrons. The van der Waals surface area contributed by atoms with Gasteiger partial charge in [0, 0.05) is 6.20 Å². The highest BCUT2D eigenvalue weighted by atomic mass is 79.9. The summed E-state index contributed by atoms with van der Waals surface area (Å²) in [6.07, 6.45) is -3.77. The summed E-state index contributed by atoms with van der Waals surface area (Å²) in [7, 11) is 0. The van der Waals surface area contributed by atoms with Gasteiger partial charge in [0.25, 0.3) is 5.91 Å². The smallest absolute Gasteiger partial charge is 0.417 e. The Balaban J connectivity index is 2.27. The second-order valence-electron chi connectivity index (χ2n) is 5.06. The van der Waals surface area contributed by atoms with Gasteiger partial charge in [0.1, 0.15) is 5.52 Å². The third-order valence-corrected chi connectivity index (χ3v) is 4.30. The maximum atomic E-state index is 13.3. The monoisotopic (exact) mass is 447 g/mol. The Morgan fingerprint density at radius 3 is 2.58 bits per heavy atom. The molecule has 2 heterocycles. The molecule has 26 heavy (non-hydrogen) atoms. The lowest BCUT2D eigenvalue weighted by Gasteiger charge is -2.13. The molecule has 0 amide bonds. The molecule has 0 saturated carbocycles. The predicted molar refractivity (Wildman–Crippen MR) is 88.4 cm³/mol. The van der Waals surface area contributed by atoms with Crippen molar-refractivity contribution in [3.63, 3.8) is 0 Å². The van der Waals surface area contributed by atoms with Crippen LogP contribution in [-0.2, 0) is 6.18 Å². The second-order valence-corrected chi connectivity index (χ2v) is 6.22. The van der Waals surface area contributed by atoms with E-state index in [4.69, 9.17) is 16.7 Å². The van der Waals surface area contributed by atoms with Crippen LogP contribution in [0.25, 0.3) is 11.0 Å². The number of carbonyl (C=O) groups excluding carboxylic acids is 1. The zero-order chi connectivity index (χ0) is 19.2. The SMILES string of the molecule is O=C(O)c1cnc2c(Br)nn(C(=O)c3c(Cl)cccc3C(F)(F)F)c2c1. The fourth-order valence-corrected chi connectivity index (χ4v) is 3.04. The highest BCUT2D eigenvalue weighted by molar-refractivity contribution is 9.10. The first-order chi connectivity index (χ1) is 12.1. The number of rotatable bonds is 2. The summed E-state index contributed by atoms with van der Waals surface area (Å²) >= 11 is 8.88. The number of pyridine rings is 1. The van der Waals surface area contributed by atoms with Gasteiger partial charge >= 0.3 is 12.1 Å². The Morgan fingerprint density at radius 2 is 1.96 bits per heavy atom. The summed E-state index contributed by atoms with van der Waals surface area (Å²) < 4.78 is 40.5. The number of aromatic nitrogens is 3. The lowest BCUT2D eigenvalue weighted by atomic mass is 10.1. The van der Waals surface area contributed by atoms with Crippen LogP contribution in [0.2, 0.25) is 5.02 Å². The van der Waals surface area contributed by atoms with Gasteiger partial charge in [0.05, 0.1) is 27.2 Å². The van der Waals surface area contributed by atoms with Crippen molar-refractivity contribution in [2.24, 2.45) is 0 Å².